The van der Waals surface area contributed by atoms with Gasteiger partial charge in [-0.25, -0.2) is 12.8 Å². The summed E-state index contributed by atoms with van der Waals surface area (Å²) < 4.78 is 57.1. The molecule has 8 nitrogen and oxygen atoms in total. The minimum atomic E-state index is -4.17. The van der Waals surface area contributed by atoms with Gasteiger partial charge in [-0.2, -0.15) is 0 Å². The van der Waals surface area contributed by atoms with Gasteiger partial charge < -0.3 is 19.5 Å². The van der Waals surface area contributed by atoms with Crippen LogP contribution in [0.2, 0.25) is 0 Å². The smallest absolute Gasteiger partial charge is 0.264 e. The maximum atomic E-state index is 13.3. The third-order valence-electron chi connectivity index (χ3n) is 4.88. The lowest BCUT2D eigenvalue weighted by atomic mass is 10.2. The number of rotatable bonds is 7. The molecule has 1 N–H and O–H groups in total. The molecule has 33 heavy (non-hydrogen) atoms. The summed E-state index contributed by atoms with van der Waals surface area (Å²) in [7, 11) is -2.68. The molecule has 0 unspecified atom stereocenters. The number of benzene rings is 3. The Kier molecular flexibility index (Phi) is 6.36. The van der Waals surface area contributed by atoms with Crippen molar-refractivity contribution in [2.24, 2.45) is 0 Å². The van der Waals surface area contributed by atoms with E-state index in [2.05, 4.69) is 5.32 Å². The Balaban J connectivity index is 1.61. The van der Waals surface area contributed by atoms with E-state index in [1.165, 1.54) is 19.2 Å². The van der Waals surface area contributed by atoms with Crippen molar-refractivity contribution in [1.82, 2.24) is 0 Å². The summed E-state index contributed by atoms with van der Waals surface area (Å²) in [5.74, 6) is 0.441. The Labute approximate surface area is 190 Å². The van der Waals surface area contributed by atoms with Crippen molar-refractivity contribution in [3.8, 4) is 17.2 Å². The summed E-state index contributed by atoms with van der Waals surface area (Å²) in [6.45, 7) is 0.322. The topological polar surface area (TPSA) is 94.2 Å². The number of nitrogens with zero attached hydrogens (tertiary/aromatic N) is 1. The summed E-state index contributed by atoms with van der Waals surface area (Å²) in [6, 6.07) is 15.5. The van der Waals surface area contributed by atoms with Crippen LogP contribution in [0.1, 0.15) is 0 Å². The highest BCUT2D eigenvalue weighted by atomic mass is 32.2. The molecule has 0 saturated heterocycles. The van der Waals surface area contributed by atoms with Crippen molar-refractivity contribution in [3.63, 3.8) is 0 Å². The number of methoxy groups -OCH3 is 1. The predicted molar refractivity (Wildman–Crippen MR) is 120 cm³/mol. The Hall–Kier alpha value is -3.79. The fourth-order valence-corrected chi connectivity index (χ4v) is 4.67. The lowest BCUT2D eigenvalue weighted by molar-refractivity contribution is -0.114. The molecule has 0 bridgehead atoms. The molecule has 4 rings (SSSR count). The molecule has 0 radical (unpaired) electrons. The standard InChI is InChI=1S/C23H21FN2O6S/c1-30-19-7-5-18(6-8-19)26(33(28,29)20-9-2-16(24)3-10-20)15-23(27)25-17-4-11-21-22(14-17)32-13-12-31-21/h2-11,14H,12-13,15H2,1H3,(H,25,27). The number of amides is 1. The Bertz CT molecular complexity index is 1250. The van der Waals surface area contributed by atoms with Crippen LogP contribution in [0.4, 0.5) is 15.8 Å². The first-order valence-corrected chi connectivity index (χ1v) is 11.4. The van der Waals surface area contributed by atoms with Crippen LogP contribution < -0.4 is 23.8 Å². The van der Waals surface area contributed by atoms with E-state index in [0.717, 1.165) is 28.6 Å². The zero-order valence-corrected chi connectivity index (χ0v) is 18.5. The van der Waals surface area contributed by atoms with Crippen molar-refractivity contribution >= 4 is 27.3 Å². The Morgan fingerprint density at radius 3 is 2.33 bits per heavy atom. The van der Waals surface area contributed by atoms with Crippen LogP contribution >= 0.6 is 0 Å². The lowest BCUT2D eigenvalue weighted by Gasteiger charge is -2.24. The number of hydrogen-bond donors (Lipinski definition) is 1. The second-order valence-corrected chi connectivity index (χ2v) is 8.93. The first-order chi connectivity index (χ1) is 15.9. The molecule has 0 aliphatic carbocycles. The summed E-state index contributed by atoms with van der Waals surface area (Å²) in [5.41, 5.74) is 0.676. The van der Waals surface area contributed by atoms with Gasteiger partial charge in [0.1, 0.15) is 31.3 Å². The summed E-state index contributed by atoms with van der Waals surface area (Å²) >= 11 is 0. The zero-order chi connectivity index (χ0) is 23.4. The monoisotopic (exact) mass is 472 g/mol. The van der Waals surface area contributed by atoms with Crippen LogP contribution in [0.25, 0.3) is 0 Å². The highest BCUT2D eigenvalue weighted by Gasteiger charge is 2.27. The molecular weight excluding hydrogens is 451 g/mol. The van der Waals surface area contributed by atoms with E-state index in [9.17, 15) is 17.6 Å². The lowest BCUT2D eigenvalue weighted by Crippen LogP contribution is -2.38. The predicted octanol–water partition coefficient (Wildman–Crippen LogP) is 3.44. The van der Waals surface area contributed by atoms with Crippen molar-refractivity contribution in [3.05, 3.63) is 72.5 Å². The average molecular weight is 472 g/mol. The van der Waals surface area contributed by atoms with E-state index in [4.69, 9.17) is 14.2 Å². The van der Waals surface area contributed by atoms with Gasteiger partial charge in [0.2, 0.25) is 5.91 Å². The van der Waals surface area contributed by atoms with E-state index in [1.54, 1.807) is 30.3 Å². The van der Waals surface area contributed by atoms with Crippen LogP contribution in [-0.4, -0.2) is 41.2 Å². The Morgan fingerprint density at radius 1 is 1.00 bits per heavy atom. The van der Waals surface area contributed by atoms with Gasteiger partial charge in [0.25, 0.3) is 10.0 Å². The van der Waals surface area contributed by atoms with Gasteiger partial charge in [0.05, 0.1) is 17.7 Å². The fourth-order valence-electron chi connectivity index (χ4n) is 3.25. The van der Waals surface area contributed by atoms with Gasteiger partial charge in [-0.3, -0.25) is 9.10 Å². The van der Waals surface area contributed by atoms with E-state index >= 15 is 0 Å². The van der Waals surface area contributed by atoms with Gasteiger partial charge in [-0.1, -0.05) is 0 Å². The van der Waals surface area contributed by atoms with Crippen molar-refractivity contribution in [2.75, 3.05) is 36.5 Å². The van der Waals surface area contributed by atoms with E-state index in [0.29, 0.717) is 36.1 Å². The molecule has 172 valence electrons. The molecule has 0 atom stereocenters. The fraction of sp³-hybridized carbons (Fsp3) is 0.174. The van der Waals surface area contributed by atoms with Gasteiger partial charge in [0, 0.05) is 11.8 Å². The number of carbonyl (C=O) groups excluding carboxylic acids is 1. The average Bonchev–Trinajstić information content (AvgIpc) is 2.83. The van der Waals surface area contributed by atoms with Gasteiger partial charge in [-0.15, -0.1) is 0 Å². The van der Waals surface area contributed by atoms with Gasteiger partial charge in [-0.05, 0) is 60.7 Å². The largest absolute Gasteiger partial charge is 0.497 e. The third kappa shape index (κ3) is 5.01. The zero-order valence-electron chi connectivity index (χ0n) is 17.7. The number of hydrogen-bond acceptors (Lipinski definition) is 6. The molecule has 1 aliphatic heterocycles. The second kappa shape index (κ2) is 9.37. The number of carbonyl (C=O) groups is 1. The molecule has 1 amide bonds. The molecule has 10 heteroatoms. The van der Waals surface area contributed by atoms with E-state index in [1.807, 2.05) is 0 Å². The summed E-state index contributed by atoms with van der Waals surface area (Å²) in [4.78, 5) is 12.7. The molecular formula is C23H21FN2O6S. The number of fused-ring (bicyclic) bond motifs is 1. The van der Waals surface area contributed by atoms with Crippen LogP contribution in [0.3, 0.4) is 0 Å². The van der Waals surface area contributed by atoms with E-state index < -0.39 is 28.3 Å². The number of halogens is 1. The minimum Gasteiger partial charge on any atom is -0.497 e. The van der Waals surface area contributed by atoms with Crippen LogP contribution in [0, 0.1) is 5.82 Å². The van der Waals surface area contributed by atoms with Gasteiger partial charge >= 0.3 is 0 Å². The molecule has 0 fully saturated rings. The summed E-state index contributed by atoms with van der Waals surface area (Å²) in [5, 5.41) is 2.68. The van der Waals surface area contributed by atoms with Crippen molar-refractivity contribution in [2.45, 2.75) is 4.90 Å². The van der Waals surface area contributed by atoms with Crippen molar-refractivity contribution in [1.29, 1.82) is 0 Å². The molecule has 0 saturated carbocycles. The first-order valence-electron chi connectivity index (χ1n) is 9.99. The third-order valence-corrected chi connectivity index (χ3v) is 6.66. The molecule has 3 aromatic rings. The number of sulfonamides is 1. The normalized spacial score (nSPS) is 12.7. The Morgan fingerprint density at radius 2 is 1.67 bits per heavy atom. The maximum Gasteiger partial charge on any atom is 0.264 e. The second-order valence-electron chi connectivity index (χ2n) is 7.07. The molecule has 0 aromatic heterocycles. The van der Waals surface area contributed by atoms with E-state index in [-0.39, 0.29) is 10.6 Å². The maximum absolute atomic E-state index is 13.3. The van der Waals surface area contributed by atoms with Crippen LogP contribution in [0.5, 0.6) is 17.2 Å². The minimum absolute atomic E-state index is 0.146. The number of anilines is 2. The number of nitrogens with one attached hydrogen (secondary N) is 1. The number of ether oxygens (including phenoxy) is 3. The highest BCUT2D eigenvalue weighted by molar-refractivity contribution is 7.92. The highest BCUT2D eigenvalue weighted by Crippen LogP contribution is 2.33. The van der Waals surface area contributed by atoms with Crippen LogP contribution in [-0.2, 0) is 14.8 Å². The quantitative estimate of drug-likeness (QED) is 0.566. The van der Waals surface area contributed by atoms with Gasteiger partial charge in [0.15, 0.2) is 11.5 Å². The SMILES string of the molecule is COc1ccc(N(CC(=O)Nc2ccc3c(c2)OCCO3)S(=O)(=O)c2ccc(F)cc2)cc1. The molecule has 1 heterocycles. The first kappa shape index (κ1) is 22.4. The van der Waals surface area contributed by atoms with Crippen LogP contribution in [0.15, 0.2) is 71.6 Å². The molecule has 0 spiro atoms. The van der Waals surface area contributed by atoms with Crippen molar-refractivity contribution < 1.29 is 31.8 Å². The molecule has 3 aromatic carbocycles. The summed E-state index contributed by atoms with van der Waals surface area (Å²) in [6.07, 6.45) is 0. The molecule has 1 aliphatic rings.